The Morgan fingerprint density at radius 2 is 2.12 bits per heavy atom. The third-order valence-corrected chi connectivity index (χ3v) is 3.31. The van der Waals surface area contributed by atoms with Crippen LogP contribution in [0.5, 0.6) is 0 Å². The molecule has 0 bridgehead atoms. The fraction of sp³-hybridized carbons (Fsp3) is 0.333. The van der Waals surface area contributed by atoms with Crippen LogP contribution in [-0.2, 0) is 0 Å². The normalized spacial score (nSPS) is 12.0. The molecule has 1 rings (SSSR count). The second-order valence-corrected chi connectivity index (χ2v) is 4.86. The average molecular weight is 271 g/mol. The first-order chi connectivity index (χ1) is 7.84. The molecule has 5 heteroatoms. The topological polar surface area (TPSA) is 46.3 Å². The second kappa shape index (κ2) is 5.47. The Morgan fingerprint density at radius 1 is 1.53 bits per heavy atom. The number of carbonyl (C=O) groups is 1. The predicted molar refractivity (Wildman–Crippen MR) is 74.5 cm³/mol. The molecule has 0 fully saturated rings. The van der Waals surface area contributed by atoms with Crippen molar-refractivity contribution in [3.05, 3.63) is 34.3 Å². The summed E-state index contributed by atoms with van der Waals surface area (Å²) in [5.74, 6) is -0.112. The lowest BCUT2D eigenvalue weighted by Gasteiger charge is -2.24. The van der Waals surface area contributed by atoms with E-state index in [-0.39, 0.29) is 11.9 Å². The Bertz CT molecular complexity index is 462. The van der Waals surface area contributed by atoms with Gasteiger partial charge in [0.1, 0.15) is 0 Å². The van der Waals surface area contributed by atoms with Crippen LogP contribution in [0.3, 0.4) is 0 Å². The number of benzene rings is 1. The number of hydrogen-bond acceptors (Lipinski definition) is 2. The van der Waals surface area contributed by atoms with E-state index in [2.05, 4.69) is 0 Å². The molecule has 3 nitrogen and oxygen atoms in total. The Morgan fingerprint density at radius 3 is 2.59 bits per heavy atom. The number of hydrogen-bond donors (Lipinski definition) is 1. The molecular weight excluding hydrogens is 256 g/mol. The Labute approximate surface area is 112 Å². The van der Waals surface area contributed by atoms with E-state index in [1.807, 2.05) is 6.92 Å². The molecule has 1 unspecified atom stereocenters. The first kappa shape index (κ1) is 13.9. The van der Waals surface area contributed by atoms with Crippen LogP contribution in [0.2, 0.25) is 5.02 Å². The largest absolute Gasteiger partial charge is 0.392 e. The minimum atomic E-state index is -0.271. The number of nitrogens with zero attached hydrogens (tertiary/aromatic N) is 1. The molecule has 1 amide bonds. The monoisotopic (exact) mass is 270 g/mol. The Balaban J connectivity index is 3.00. The third kappa shape index (κ3) is 3.17. The van der Waals surface area contributed by atoms with E-state index in [9.17, 15) is 4.79 Å². The minimum Gasteiger partial charge on any atom is -0.392 e. The van der Waals surface area contributed by atoms with Crippen LogP contribution < -0.4 is 5.73 Å². The van der Waals surface area contributed by atoms with Gasteiger partial charge in [0.15, 0.2) is 0 Å². The highest BCUT2D eigenvalue weighted by Gasteiger charge is 2.20. The van der Waals surface area contributed by atoms with Crippen LogP contribution >= 0.6 is 23.8 Å². The predicted octanol–water partition coefficient (Wildman–Crippen LogP) is 2.40. The van der Waals surface area contributed by atoms with Crippen molar-refractivity contribution in [2.75, 3.05) is 7.05 Å². The summed E-state index contributed by atoms with van der Waals surface area (Å²) in [6.45, 7) is 3.64. The maximum Gasteiger partial charge on any atom is 0.254 e. The van der Waals surface area contributed by atoms with Gasteiger partial charge in [-0.05, 0) is 37.6 Å². The number of aryl methyl sites for hydroxylation is 1. The van der Waals surface area contributed by atoms with E-state index < -0.39 is 0 Å². The quantitative estimate of drug-likeness (QED) is 0.858. The van der Waals surface area contributed by atoms with Crippen molar-refractivity contribution in [3.63, 3.8) is 0 Å². The molecule has 92 valence electrons. The summed E-state index contributed by atoms with van der Waals surface area (Å²) in [6, 6.07) is 4.89. The maximum atomic E-state index is 12.2. The highest BCUT2D eigenvalue weighted by atomic mass is 35.5. The smallest absolute Gasteiger partial charge is 0.254 e. The van der Waals surface area contributed by atoms with Gasteiger partial charge in [-0.25, -0.2) is 0 Å². The zero-order valence-corrected chi connectivity index (χ0v) is 11.6. The molecule has 0 saturated carbocycles. The van der Waals surface area contributed by atoms with Crippen molar-refractivity contribution < 1.29 is 4.79 Å². The fourth-order valence-corrected chi connectivity index (χ4v) is 1.81. The van der Waals surface area contributed by atoms with Crippen molar-refractivity contribution in [1.29, 1.82) is 0 Å². The Hall–Kier alpha value is -1.13. The SMILES string of the molecule is Cc1cc(Cl)ccc1C(=O)N(C)C(C)C(N)=S. The number of nitrogens with two attached hydrogens (primary N) is 1. The van der Waals surface area contributed by atoms with Crippen molar-refractivity contribution in [3.8, 4) is 0 Å². The first-order valence-electron chi connectivity index (χ1n) is 5.17. The van der Waals surface area contributed by atoms with E-state index >= 15 is 0 Å². The zero-order chi connectivity index (χ0) is 13.2. The molecule has 0 aliphatic rings. The number of carbonyl (C=O) groups excluding carboxylic acids is 1. The molecule has 1 aromatic carbocycles. The first-order valence-corrected chi connectivity index (χ1v) is 5.96. The van der Waals surface area contributed by atoms with Crippen LogP contribution in [0.15, 0.2) is 18.2 Å². The Kier molecular flexibility index (Phi) is 4.48. The van der Waals surface area contributed by atoms with E-state index in [0.29, 0.717) is 15.6 Å². The van der Waals surface area contributed by atoms with Crippen molar-refractivity contribution in [1.82, 2.24) is 4.90 Å². The molecule has 0 heterocycles. The molecule has 1 aromatic rings. The number of likely N-dealkylation sites (N-methyl/N-ethyl adjacent to an activating group) is 1. The average Bonchev–Trinajstić information content (AvgIpc) is 2.26. The van der Waals surface area contributed by atoms with Gasteiger partial charge in [0.2, 0.25) is 0 Å². The van der Waals surface area contributed by atoms with Gasteiger partial charge in [-0.3, -0.25) is 4.79 Å². The van der Waals surface area contributed by atoms with E-state index in [0.717, 1.165) is 5.56 Å². The molecular formula is C12H15ClN2OS. The number of halogens is 1. The fourth-order valence-electron chi connectivity index (χ4n) is 1.42. The van der Waals surface area contributed by atoms with Crippen LogP contribution in [0.25, 0.3) is 0 Å². The minimum absolute atomic E-state index is 0.112. The van der Waals surface area contributed by atoms with Gasteiger partial charge in [-0.15, -0.1) is 0 Å². The van der Waals surface area contributed by atoms with Crippen molar-refractivity contribution in [2.24, 2.45) is 5.73 Å². The van der Waals surface area contributed by atoms with E-state index in [1.54, 1.807) is 32.2 Å². The summed E-state index contributed by atoms with van der Waals surface area (Å²) < 4.78 is 0. The summed E-state index contributed by atoms with van der Waals surface area (Å²) in [5.41, 5.74) is 6.98. The molecule has 1 atom stereocenters. The maximum absolute atomic E-state index is 12.2. The number of amides is 1. The number of thiocarbonyl (C=S) groups is 1. The standard InChI is InChI=1S/C12H15ClN2OS/c1-7-6-9(13)4-5-10(7)12(16)15(3)8(2)11(14)17/h4-6,8H,1-3H3,(H2,14,17). The molecule has 0 aromatic heterocycles. The van der Waals surface area contributed by atoms with E-state index in [1.165, 1.54) is 4.90 Å². The van der Waals surface area contributed by atoms with Gasteiger partial charge in [0.05, 0.1) is 11.0 Å². The van der Waals surface area contributed by atoms with Gasteiger partial charge < -0.3 is 10.6 Å². The highest BCUT2D eigenvalue weighted by molar-refractivity contribution is 7.80. The summed E-state index contributed by atoms with van der Waals surface area (Å²) in [4.78, 5) is 14.0. The molecule has 17 heavy (non-hydrogen) atoms. The lowest BCUT2D eigenvalue weighted by molar-refractivity contribution is 0.0778. The van der Waals surface area contributed by atoms with Gasteiger partial charge >= 0.3 is 0 Å². The van der Waals surface area contributed by atoms with Crippen molar-refractivity contribution >= 4 is 34.7 Å². The van der Waals surface area contributed by atoms with Gasteiger partial charge in [0.25, 0.3) is 5.91 Å². The van der Waals surface area contributed by atoms with Crippen molar-refractivity contribution in [2.45, 2.75) is 19.9 Å². The lowest BCUT2D eigenvalue weighted by Crippen LogP contribution is -2.42. The molecule has 0 radical (unpaired) electrons. The number of rotatable bonds is 3. The lowest BCUT2D eigenvalue weighted by atomic mass is 10.1. The van der Waals surface area contributed by atoms with Crippen LogP contribution in [0.1, 0.15) is 22.8 Å². The molecule has 0 saturated heterocycles. The summed E-state index contributed by atoms with van der Waals surface area (Å²) in [6.07, 6.45) is 0. The zero-order valence-electron chi connectivity index (χ0n) is 10.0. The molecule has 0 aliphatic heterocycles. The van der Waals surface area contributed by atoms with Crippen LogP contribution in [0, 0.1) is 6.92 Å². The summed E-state index contributed by atoms with van der Waals surface area (Å²) in [5, 5.41) is 0.615. The van der Waals surface area contributed by atoms with Gasteiger partial charge in [0, 0.05) is 17.6 Å². The molecule has 0 spiro atoms. The molecule has 2 N–H and O–H groups in total. The van der Waals surface area contributed by atoms with Crippen LogP contribution in [0.4, 0.5) is 0 Å². The second-order valence-electron chi connectivity index (χ2n) is 3.95. The summed E-state index contributed by atoms with van der Waals surface area (Å²) in [7, 11) is 1.68. The van der Waals surface area contributed by atoms with Crippen LogP contribution in [-0.4, -0.2) is 28.9 Å². The van der Waals surface area contributed by atoms with E-state index in [4.69, 9.17) is 29.6 Å². The highest BCUT2D eigenvalue weighted by Crippen LogP contribution is 2.17. The van der Waals surface area contributed by atoms with Gasteiger partial charge in [-0.2, -0.15) is 0 Å². The third-order valence-electron chi connectivity index (χ3n) is 2.73. The van der Waals surface area contributed by atoms with Gasteiger partial charge in [-0.1, -0.05) is 23.8 Å². The molecule has 0 aliphatic carbocycles. The summed E-state index contributed by atoms with van der Waals surface area (Å²) >= 11 is 10.7.